The zero-order valence-corrected chi connectivity index (χ0v) is 18.3. The van der Waals surface area contributed by atoms with Crippen molar-refractivity contribution < 1.29 is 13.2 Å². The molecule has 1 aliphatic carbocycles. The van der Waals surface area contributed by atoms with Crippen LogP contribution in [0.5, 0.6) is 0 Å². The summed E-state index contributed by atoms with van der Waals surface area (Å²) >= 11 is 0. The second-order valence-electron chi connectivity index (χ2n) is 8.47. The van der Waals surface area contributed by atoms with Crippen LogP contribution in [0.15, 0.2) is 59.5 Å². The van der Waals surface area contributed by atoms with Gasteiger partial charge in [-0.2, -0.15) is 0 Å². The smallest absolute Gasteiger partial charge is 0.240 e. The second-order valence-corrected chi connectivity index (χ2v) is 10.2. The topological polar surface area (TPSA) is 58.6 Å². The van der Waals surface area contributed by atoms with E-state index >= 15 is 0 Å². The molecule has 2 fully saturated rings. The molecule has 2 aromatic rings. The van der Waals surface area contributed by atoms with Crippen molar-refractivity contribution in [3.8, 4) is 0 Å². The molecule has 5 nitrogen and oxygen atoms in total. The maximum atomic E-state index is 12.8. The van der Waals surface area contributed by atoms with E-state index in [1.165, 1.54) is 43.2 Å². The van der Waals surface area contributed by atoms with Crippen LogP contribution in [0, 0.1) is 0 Å². The number of sulfonamides is 1. The number of nitrogens with one attached hydrogen (secondary N) is 1. The molecule has 2 aromatic carbocycles. The number of ether oxygens (including phenoxy) is 1. The van der Waals surface area contributed by atoms with Gasteiger partial charge in [0.1, 0.15) is 0 Å². The first-order chi connectivity index (χ1) is 14.6. The van der Waals surface area contributed by atoms with E-state index in [0.29, 0.717) is 17.4 Å². The summed E-state index contributed by atoms with van der Waals surface area (Å²) in [5.41, 5.74) is 2.53. The molecule has 30 heavy (non-hydrogen) atoms. The Bertz CT molecular complexity index is 894. The van der Waals surface area contributed by atoms with Crippen LogP contribution in [0.3, 0.4) is 0 Å². The largest absolute Gasteiger partial charge is 0.374 e. The summed E-state index contributed by atoms with van der Waals surface area (Å²) in [5.74, 6) is 0.578. The highest BCUT2D eigenvalue weighted by atomic mass is 32.2. The molecule has 1 aliphatic heterocycles. The van der Waals surface area contributed by atoms with E-state index in [1.807, 2.05) is 30.3 Å². The summed E-state index contributed by atoms with van der Waals surface area (Å²) in [7, 11) is -3.53. The molecule has 1 N–H and O–H groups in total. The third-order valence-corrected chi connectivity index (χ3v) is 7.68. The zero-order chi connectivity index (χ0) is 20.8. The van der Waals surface area contributed by atoms with Crippen molar-refractivity contribution in [3.63, 3.8) is 0 Å². The van der Waals surface area contributed by atoms with Gasteiger partial charge >= 0.3 is 0 Å². The first-order valence-corrected chi connectivity index (χ1v) is 12.6. The lowest BCUT2D eigenvalue weighted by molar-refractivity contribution is -0.0276. The number of hydrogen-bond acceptors (Lipinski definition) is 4. The first-order valence-electron chi connectivity index (χ1n) is 11.1. The van der Waals surface area contributed by atoms with Crippen LogP contribution in [0.4, 0.5) is 0 Å². The molecule has 162 valence electrons. The minimum absolute atomic E-state index is 0.140. The van der Waals surface area contributed by atoms with Gasteiger partial charge in [0.2, 0.25) is 10.0 Å². The number of nitrogens with zero attached hydrogens (tertiary/aromatic N) is 1. The van der Waals surface area contributed by atoms with Crippen LogP contribution >= 0.6 is 0 Å². The van der Waals surface area contributed by atoms with Crippen molar-refractivity contribution >= 4 is 10.0 Å². The summed E-state index contributed by atoms with van der Waals surface area (Å²) in [4.78, 5) is 2.65. The van der Waals surface area contributed by atoms with Gasteiger partial charge in [0.05, 0.1) is 17.6 Å². The van der Waals surface area contributed by atoms with Crippen molar-refractivity contribution in [2.45, 2.75) is 55.6 Å². The van der Waals surface area contributed by atoms with Crippen LogP contribution in [0.1, 0.15) is 49.1 Å². The van der Waals surface area contributed by atoms with Crippen molar-refractivity contribution in [2.75, 3.05) is 26.2 Å². The molecule has 1 atom stereocenters. The Morgan fingerprint density at radius 2 is 1.70 bits per heavy atom. The molecule has 2 aliphatic rings. The maximum absolute atomic E-state index is 12.8. The standard InChI is InChI=1S/C24H32N2O3S/c27-30(28,24-13-11-22(12-14-24)21-9-5-2-6-10-21)25-17-23-19-26(15-16-29-23)18-20-7-3-1-4-8-20/h1,3-4,7-8,11-14,21,23,25H,2,5-6,9-10,15-19H2. The minimum atomic E-state index is -3.53. The van der Waals surface area contributed by atoms with E-state index < -0.39 is 10.0 Å². The van der Waals surface area contributed by atoms with Crippen molar-refractivity contribution in [3.05, 3.63) is 65.7 Å². The molecule has 0 spiro atoms. The normalized spacial score (nSPS) is 21.5. The lowest BCUT2D eigenvalue weighted by Crippen LogP contribution is -2.47. The zero-order valence-electron chi connectivity index (χ0n) is 17.5. The van der Waals surface area contributed by atoms with E-state index in [2.05, 4.69) is 21.8 Å². The predicted molar refractivity (Wildman–Crippen MR) is 119 cm³/mol. The molecular formula is C24H32N2O3S. The second kappa shape index (κ2) is 10.1. The highest BCUT2D eigenvalue weighted by molar-refractivity contribution is 7.89. The maximum Gasteiger partial charge on any atom is 0.240 e. The Labute approximate surface area is 180 Å². The van der Waals surface area contributed by atoms with E-state index in [1.54, 1.807) is 12.1 Å². The summed E-state index contributed by atoms with van der Waals surface area (Å²) in [5, 5.41) is 0. The Morgan fingerprint density at radius 3 is 2.43 bits per heavy atom. The molecule has 1 saturated carbocycles. The molecule has 0 amide bonds. The average Bonchev–Trinajstić information content (AvgIpc) is 2.79. The molecule has 6 heteroatoms. The number of hydrogen-bond donors (Lipinski definition) is 1. The predicted octanol–water partition coefficient (Wildman–Crippen LogP) is 3.91. The van der Waals surface area contributed by atoms with Gasteiger partial charge in [0, 0.05) is 26.2 Å². The summed E-state index contributed by atoms with van der Waals surface area (Å²) in [6.07, 6.45) is 6.15. The van der Waals surface area contributed by atoms with Gasteiger partial charge in [-0.15, -0.1) is 0 Å². The Hall–Kier alpha value is -1.73. The molecule has 1 unspecified atom stereocenters. The monoisotopic (exact) mass is 428 g/mol. The molecule has 4 rings (SSSR count). The Kier molecular flexibility index (Phi) is 7.20. The lowest BCUT2D eigenvalue weighted by Gasteiger charge is -2.33. The SMILES string of the molecule is O=S(=O)(NCC1CN(Cc2ccccc2)CCO1)c1ccc(C2CCCCC2)cc1. The molecular weight excluding hydrogens is 396 g/mol. The fraction of sp³-hybridized carbons (Fsp3) is 0.500. The fourth-order valence-electron chi connectivity index (χ4n) is 4.53. The van der Waals surface area contributed by atoms with E-state index in [0.717, 1.165) is 19.6 Å². The van der Waals surface area contributed by atoms with Crippen LogP contribution in [0.2, 0.25) is 0 Å². The van der Waals surface area contributed by atoms with E-state index in [-0.39, 0.29) is 12.6 Å². The van der Waals surface area contributed by atoms with Gasteiger partial charge in [-0.3, -0.25) is 4.90 Å². The van der Waals surface area contributed by atoms with Gasteiger partial charge in [-0.1, -0.05) is 61.7 Å². The molecule has 0 aromatic heterocycles. The van der Waals surface area contributed by atoms with Crippen molar-refractivity contribution in [2.24, 2.45) is 0 Å². The van der Waals surface area contributed by atoms with Crippen LogP contribution in [-0.2, 0) is 21.3 Å². The lowest BCUT2D eigenvalue weighted by atomic mass is 9.84. The van der Waals surface area contributed by atoms with Gasteiger partial charge < -0.3 is 4.74 Å². The molecule has 0 bridgehead atoms. The molecule has 1 saturated heterocycles. The van der Waals surface area contributed by atoms with E-state index in [9.17, 15) is 8.42 Å². The highest BCUT2D eigenvalue weighted by Crippen LogP contribution is 2.32. The Morgan fingerprint density at radius 1 is 0.967 bits per heavy atom. The quantitative estimate of drug-likeness (QED) is 0.726. The van der Waals surface area contributed by atoms with E-state index in [4.69, 9.17) is 4.74 Å². The van der Waals surface area contributed by atoms with Gasteiger partial charge in [-0.05, 0) is 42.0 Å². The van der Waals surface area contributed by atoms with Gasteiger partial charge in [0.25, 0.3) is 0 Å². The summed E-state index contributed by atoms with van der Waals surface area (Å²) < 4.78 is 34.1. The van der Waals surface area contributed by atoms with Crippen LogP contribution < -0.4 is 4.72 Å². The van der Waals surface area contributed by atoms with Crippen molar-refractivity contribution in [1.82, 2.24) is 9.62 Å². The van der Waals surface area contributed by atoms with Crippen molar-refractivity contribution in [1.29, 1.82) is 0 Å². The van der Waals surface area contributed by atoms with Crippen LogP contribution in [0.25, 0.3) is 0 Å². The third kappa shape index (κ3) is 5.70. The third-order valence-electron chi connectivity index (χ3n) is 6.24. The molecule has 0 radical (unpaired) electrons. The van der Waals surface area contributed by atoms with Crippen LogP contribution in [-0.4, -0.2) is 45.7 Å². The van der Waals surface area contributed by atoms with Gasteiger partial charge in [-0.25, -0.2) is 13.1 Å². The summed E-state index contributed by atoms with van der Waals surface area (Å²) in [6.45, 7) is 3.35. The number of benzene rings is 2. The molecule has 1 heterocycles. The Balaban J connectivity index is 1.31. The number of rotatable bonds is 7. The highest BCUT2D eigenvalue weighted by Gasteiger charge is 2.23. The minimum Gasteiger partial charge on any atom is -0.374 e. The summed E-state index contributed by atoms with van der Waals surface area (Å²) in [6, 6.07) is 17.8. The first kappa shape index (κ1) is 21.5. The fourth-order valence-corrected chi connectivity index (χ4v) is 5.60. The number of morpholine rings is 1. The van der Waals surface area contributed by atoms with Gasteiger partial charge in [0.15, 0.2) is 0 Å². The average molecular weight is 429 g/mol.